The average molecular weight is 348 g/mol. The van der Waals surface area contributed by atoms with Gasteiger partial charge in [-0.05, 0) is 37.5 Å². The first-order valence-corrected chi connectivity index (χ1v) is 12.2. The second-order valence-corrected chi connectivity index (χ2v) is 9.66. The van der Waals surface area contributed by atoms with E-state index in [1.165, 1.54) is 128 Å². The highest BCUT2D eigenvalue weighted by atomic mass is 15.0. The number of fused-ring (bicyclic) bond motifs is 5. The maximum absolute atomic E-state index is 4.18. The highest BCUT2D eigenvalue weighted by molar-refractivity contribution is 4.87. The van der Waals surface area contributed by atoms with Crippen LogP contribution >= 0.6 is 0 Å². The molecule has 0 radical (unpaired) electrons. The molecule has 4 unspecified atom stereocenters. The molecule has 1 aliphatic heterocycles. The maximum Gasteiger partial charge on any atom is 0.00723 e. The van der Waals surface area contributed by atoms with Crippen molar-refractivity contribution in [3.63, 3.8) is 0 Å². The van der Waals surface area contributed by atoms with Crippen LogP contribution in [0.25, 0.3) is 0 Å². The molecule has 0 aromatic carbocycles. The standard InChI is InChI=1S/C24H45N/c1-2-4-9-13-17-23-19-21(15-11-7-3-1)22-16-12-8-5-6-10-14-18-24(20-22)25-23/h21-25H,1-20H2. The molecule has 0 spiro atoms. The van der Waals surface area contributed by atoms with Gasteiger partial charge < -0.3 is 5.32 Å². The van der Waals surface area contributed by atoms with Crippen molar-refractivity contribution in [3.05, 3.63) is 0 Å². The van der Waals surface area contributed by atoms with Gasteiger partial charge in [-0.15, -0.1) is 0 Å². The molecule has 0 amide bonds. The number of hydrogen-bond donors (Lipinski definition) is 1. The summed E-state index contributed by atoms with van der Waals surface area (Å²) >= 11 is 0. The van der Waals surface area contributed by atoms with Gasteiger partial charge in [-0.3, -0.25) is 0 Å². The predicted octanol–water partition coefficient (Wildman–Crippen LogP) is 7.39. The van der Waals surface area contributed by atoms with Gasteiger partial charge in [-0.2, -0.15) is 0 Å². The summed E-state index contributed by atoms with van der Waals surface area (Å²) < 4.78 is 0. The summed E-state index contributed by atoms with van der Waals surface area (Å²) in [5.41, 5.74) is 0. The smallest absolute Gasteiger partial charge is 0.00723 e. The molecular weight excluding hydrogens is 302 g/mol. The van der Waals surface area contributed by atoms with Crippen LogP contribution in [0.5, 0.6) is 0 Å². The van der Waals surface area contributed by atoms with Crippen molar-refractivity contribution < 1.29 is 0 Å². The zero-order valence-electron chi connectivity index (χ0n) is 17.0. The van der Waals surface area contributed by atoms with Crippen LogP contribution in [-0.4, -0.2) is 12.1 Å². The molecule has 3 fully saturated rings. The first-order chi connectivity index (χ1) is 12.4. The Labute approximate surface area is 158 Å². The third-order valence-corrected chi connectivity index (χ3v) is 7.57. The van der Waals surface area contributed by atoms with E-state index in [2.05, 4.69) is 5.32 Å². The summed E-state index contributed by atoms with van der Waals surface area (Å²) in [6.45, 7) is 0. The molecule has 3 rings (SSSR count). The highest BCUT2D eigenvalue weighted by Gasteiger charge is 2.31. The van der Waals surface area contributed by atoms with Crippen molar-refractivity contribution in [1.82, 2.24) is 5.32 Å². The Morgan fingerprint density at radius 1 is 0.360 bits per heavy atom. The molecule has 0 aromatic rings. The topological polar surface area (TPSA) is 12.0 Å². The van der Waals surface area contributed by atoms with Crippen molar-refractivity contribution in [2.45, 2.75) is 141 Å². The molecule has 1 N–H and O–H groups in total. The molecule has 3 aliphatic rings. The summed E-state index contributed by atoms with van der Waals surface area (Å²) in [6, 6.07) is 1.68. The van der Waals surface area contributed by atoms with Crippen LogP contribution in [0.1, 0.15) is 128 Å². The molecule has 2 aliphatic carbocycles. The monoisotopic (exact) mass is 347 g/mol. The Kier molecular flexibility index (Phi) is 9.17. The number of hydrogen-bond acceptors (Lipinski definition) is 1. The van der Waals surface area contributed by atoms with Crippen LogP contribution in [0.2, 0.25) is 0 Å². The third-order valence-electron chi connectivity index (χ3n) is 7.57. The van der Waals surface area contributed by atoms with Crippen LogP contribution in [0, 0.1) is 11.8 Å². The van der Waals surface area contributed by atoms with Gasteiger partial charge in [-0.25, -0.2) is 0 Å². The normalized spacial score (nSPS) is 37.4. The molecule has 4 atom stereocenters. The Balaban J connectivity index is 1.66. The fraction of sp³-hybridized carbons (Fsp3) is 1.00. The fourth-order valence-electron chi connectivity index (χ4n) is 6.06. The van der Waals surface area contributed by atoms with Gasteiger partial charge in [0.15, 0.2) is 0 Å². The fourth-order valence-corrected chi connectivity index (χ4v) is 6.06. The Morgan fingerprint density at radius 3 is 1.08 bits per heavy atom. The Morgan fingerprint density at radius 2 is 0.680 bits per heavy atom. The minimum Gasteiger partial charge on any atom is -0.311 e. The van der Waals surface area contributed by atoms with Crippen molar-refractivity contribution in [1.29, 1.82) is 0 Å². The first kappa shape index (κ1) is 19.7. The van der Waals surface area contributed by atoms with Gasteiger partial charge in [0, 0.05) is 12.1 Å². The zero-order chi connectivity index (χ0) is 17.2. The molecule has 146 valence electrons. The van der Waals surface area contributed by atoms with Crippen LogP contribution in [0.3, 0.4) is 0 Å². The highest BCUT2D eigenvalue weighted by Crippen LogP contribution is 2.37. The van der Waals surface area contributed by atoms with E-state index in [1.807, 2.05) is 0 Å². The Bertz CT molecular complexity index is 339. The molecule has 1 nitrogen and oxygen atoms in total. The maximum atomic E-state index is 4.18. The van der Waals surface area contributed by atoms with Crippen LogP contribution in [0.15, 0.2) is 0 Å². The van der Waals surface area contributed by atoms with Gasteiger partial charge in [0.25, 0.3) is 0 Å². The molecule has 4 bridgehead atoms. The van der Waals surface area contributed by atoms with Crippen molar-refractivity contribution in [2.75, 3.05) is 0 Å². The minimum absolute atomic E-state index is 0.837. The predicted molar refractivity (Wildman–Crippen MR) is 110 cm³/mol. The van der Waals surface area contributed by atoms with E-state index >= 15 is 0 Å². The van der Waals surface area contributed by atoms with E-state index in [1.54, 1.807) is 0 Å². The minimum atomic E-state index is 0.837. The number of nitrogens with one attached hydrogen (secondary N) is 1. The van der Waals surface area contributed by atoms with E-state index in [0.717, 1.165) is 23.9 Å². The van der Waals surface area contributed by atoms with Crippen molar-refractivity contribution in [2.24, 2.45) is 11.8 Å². The number of rotatable bonds is 0. The second kappa shape index (κ2) is 11.6. The summed E-state index contributed by atoms with van der Waals surface area (Å²) in [5, 5.41) is 4.18. The molecular formula is C24H45N. The lowest BCUT2D eigenvalue weighted by Gasteiger charge is -2.27. The summed E-state index contributed by atoms with van der Waals surface area (Å²) in [5.74, 6) is 2.06. The Hall–Kier alpha value is -0.0400. The van der Waals surface area contributed by atoms with Gasteiger partial charge in [0.1, 0.15) is 0 Å². The quantitative estimate of drug-likeness (QED) is 0.481. The summed E-state index contributed by atoms with van der Waals surface area (Å²) in [7, 11) is 0. The largest absolute Gasteiger partial charge is 0.311 e. The van der Waals surface area contributed by atoms with Gasteiger partial charge in [0.05, 0.1) is 0 Å². The third kappa shape index (κ3) is 7.24. The molecule has 0 aromatic heterocycles. The second-order valence-electron chi connectivity index (χ2n) is 9.66. The van der Waals surface area contributed by atoms with Gasteiger partial charge in [0.2, 0.25) is 0 Å². The van der Waals surface area contributed by atoms with E-state index in [4.69, 9.17) is 0 Å². The lowest BCUT2D eigenvalue weighted by molar-refractivity contribution is 0.250. The van der Waals surface area contributed by atoms with Gasteiger partial charge in [-0.1, -0.05) is 103 Å². The first-order valence-electron chi connectivity index (χ1n) is 12.2. The zero-order valence-corrected chi connectivity index (χ0v) is 17.0. The van der Waals surface area contributed by atoms with Crippen molar-refractivity contribution in [3.8, 4) is 0 Å². The molecule has 25 heavy (non-hydrogen) atoms. The molecule has 1 saturated heterocycles. The van der Waals surface area contributed by atoms with Crippen LogP contribution in [0.4, 0.5) is 0 Å². The molecule has 1 heterocycles. The summed E-state index contributed by atoms with van der Waals surface area (Å²) in [4.78, 5) is 0. The van der Waals surface area contributed by atoms with E-state index < -0.39 is 0 Å². The van der Waals surface area contributed by atoms with Crippen LogP contribution < -0.4 is 5.32 Å². The van der Waals surface area contributed by atoms with E-state index in [-0.39, 0.29) is 0 Å². The molecule has 1 heteroatoms. The average Bonchev–Trinajstić information content (AvgIpc) is 2.79. The van der Waals surface area contributed by atoms with Crippen LogP contribution in [-0.2, 0) is 0 Å². The summed E-state index contributed by atoms with van der Waals surface area (Å²) in [6.07, 6.45) is 29.9. The van der Waals surface area contributed by atoms with Gasteiger partial charge >= 0.3 is 0 Å². The SMILES string of the molecule is C1CCCCCC2CC(CCCC1)NC1CCCCCCCCC2C1. The lowest BCUT2D eigenvalue weighted by Crippen LogP contribution is -2.37. The van der Waals surface area contributed by atoms with Crippen molar-refractivity contribution >= 4 is 0 Å². The van der Waals surface area contributed by atoms with E-state index in [0.29, 0.717) is 0 Å². The van der Waals surface area contributed by atoms with E-state index in [9.17, 15) is 0 Å². The lowest BCUT2D eigenvalue weighted by atomic mass is 9.78. The molecule has 2 saturated carbocycles.